The molecule has 2 amide bonds. The Labute approximate surface area is 199 Å². The van der Waals surface area contributed by atoms with Crippen molar-refractivity contribution in [1.29, 1.82) is 0 Å². The van der Waals surface area contributed by atoms with E-state index in [0.29, 0.717) is 11.1 Å². The first-order valence-corrected chi connectivity index (χ1v) is 10.8. The summed E-state index contributed by atoms with van der Waals surface area (Å²) in [5, 5.41) is 43.9. The van der Waals surface area contributed by atoms with Gasteiger partial charge in [0.05, 0.1) is 11.6 Å². The molecule has 1 fully saturated rings. The number of primary amides is 2. The maximum Gasteiger partial charge on any atom is 0.255 e. The summed E-state index contributed by atoms with van der Waals surface area (Å²) < 4.78 is 0. The van der Waals surface area contributed by atoms with Gasteiger partial charge in [-0.05, 0) is 56.1 Å². The van der Waals surface area contributed by atoms with E-state index in [2.05, 4.69) is 0 Å². The minimum absolute atomic E-state index is 0.0274. The fourth-order valence-electron chi connectivity index (χ4n) is 5.60. The Kier molecular flexibility index (Phi) is 5.57. The lowest BCUT2D eigenvalue weighted by Gasteiger charge is -2.50. The van der Waals surface area contributed by atoms with Crippen LogP contribution in [0.3, 0.4) is 0 Å². The number of ketones is 2. The average molecular weight is 483 g/mol. The molecule has 0 aromatic heterocycles. The second-order valence-electron chi connectivity index (χ2n) is 9.22. The Hall–Kier alpha value is -3.96. The van der Waals surface area contributed by atoms with Crippen LogP contribution in [0, 0.1) is 11.8 Å². The number of carbonyl (C=O) groups is 4. The number of nitrogens with zero attached hydrogens (tertiary/aromatic N) is 1. The number of rotatable bonds is 4. The number of aromatic hydroxyl groups is 1. The Balaban J connectivity index is 1.96. The highest BCUT2D eigenvalue weighted by molar-refractivity contribution is 6.24. The smallest absolute Gasteiger partial charge is 0.255 e. The number of Topliss-reactive ketones (excluding diaryl/α,β-unsaturated/α-hetero) is 2. The summed E-state index contributed by atoms with van der Waals surface area (Å²) in [7, 11) is 3.05. The molecule has 11 nitrogen and oxygen atoms in total. The summed E-state index contributed by atoms with van der Waals surface area (Å²) in [5.74, 6) is -7.87. The molecule has 3 aliphatic carbocycles. The Morgan fingerprint density at radius 2 is 1.80 bits per heavy atom. The monoisotopic (exact) mass is 483 g/mol. The number of benzene rings is 1. The van der Waals surface area contributed by atoms with Crippen LogP contribution in [-0.4, -0.2) is 74.4 Å². The number of amides is 2. The van der Waals surface area contributed by atoms with Crippen molar-refractivity contribution >= 4 is 35.2 Å². The lowest BCUT2D eigenvalue weighted by Crippen LogP contribution is -2.65. The average Bonchev–Trinajstić information content (AvgIpc) is 2.75. The first kappa shape index (κ1) is 24.2. The van der Waals surface area contributed by atoms with E-state index in [0.717, 1.165) is 6.08 Å². The maximum absolute atomic E-state index is 13.7. The number of nitrogens with two attached hydrogens (primary N) is 2. The van der Waals surface area contributed by atoms with Gasteiger partial charge in [0.2, 0.25) is 11.7 Å². The number of aliphatic hydroxyl groups is 3. The molecule has 4 rings (SSSR count). The van der Waals surface area contributed by atoms with Crippen molar-refractivity contribution in [2.24, 2.45) is 23.3 Å². The molecular weight excluding hydrogens is 458 g/mol. The van der Waals surface area contributed by atoms with Crippen molar-refractivity contribution in [1.82, 2.24) is 4.90 Å². The van der Waals surface area contributed by atoms with E-state index in [1.54, 1.807) is 0 Å². The third kappa shape index (κ3) is 3.34. The zero-order valence-corrected chi connectivity index (χ0v) is 19.0. The molecular formula is C24H25N3O8. The second-order valence-corrected chi connectivity index (χ2v) is 9.22. The zero-order valence-electron chi connectivity index (χ0n) is 19.0. The largest absolute Gasteiger partial charge is 0.508 e. The summed E-state index contributed by atoms with van der Waals surface area (Å²) in [6.07, 6.45) is 2.62. The van der Waals surface area contributed by atoms with Gasteiger partial charge in [0.25, 0.3) is 5.91 Å². The standard InChI is InChI=1S/C24H25N3O8/c1-27(2)18-12-8-10-7-11-9(4-6-14(25)29)3-5-13(28)16(11)19(30)15(10)21(32)24(12,35)22(33)17(20(18)31)23(26)34/h3-6,10,12,18,28,30,33,35H,7-8H2,1-2H3,(H2,25,29)(H2,26,34)/t10-,12-,18-,24-/m0/s1. The van der Waals surface area contributed by atoms with E-state index in [1.165, 1.54) is 37.2 Å². The first-order valence-electron chi connectivity index (χ1n) is 10.8. The Bertz CT molecular complexity index is 1290. The molecule has 8 N–H and O–H groups in total. The predicted octanol–water partition coefficient (Wildman–Crippen LogP) is -0.537. The minimum Gasteiger partial charge on any atom is -0.508 e. The van der Waals surface area contributed by atoms with Gasteiger partial charge in [0.1, 0.15) is 22.8 Å². The fraction of sp³-hybridized carbons (Fsp3) is 0.333. The highest BCUT2D eigenvalue weighted by Crippen LogP contribution is 2.52. The molecule has 0 unspecified atom stereocenters. The van der Waals surface area contributed by atoms with E-state index < -0.39 is 64.0 Å². The van der Waals surface area contributed by atoms with Gasteiger partial charge >= 0.3 is 0 Å². The molecule has 4 atom stereocenters. The molecule has 1 aromatic carbocycles. The number of phenolic OH excluding ortho intramolecular Hbond substituents is 1. The van der Waals surface area contributed by atoms with E-state index in [9.17, 15) is 39.6 Å². The van der Waals surface area contributed by atoms with Crippen LogP contribution in [0.25, 0.3) is 11.8 Å². The van der Waals surface area contributed by atoms with E-state index in [4.69, 9.17) is 11.5 Å². The summed E-state index contributed by atoms with van der Waals surface area (Å²) in [6, 6.07) is 1.63. The third-order valence-electron chi connectivity index (χ3n) is 7.07. The van der Waals surface area contributed by atoms with E-state index in [1.807, 2.05) is 0 Å². The summed E-state index contributed by atoms with van der Waals surface area (Å²) >= 11 is 0. The number of aliphatic hydroxyl groups excluding tert-OH is 2. The Morgan fingerprint density at radius 3 is 2.37 bits per heavy atom. The van der Waals surface area contributed by atoms with Crippen LogP contribution < -0.4 is 11.5 Å². The maximum atomic E-state index is 13.7. The molecule has 0 spiro atoms. The van der Waals surface area contributed by atoms with Gasteiger partial charge < -0.3 is 31.9 Å². The van der Waals surface area contributed by atoms with Crippen molar-refractivity contribution in [3.05, 3.63) is 51.8 Å². The van der Waals surface area contributed by atoms with Crippen molar-refractivity contribution in [2.75, 3.05) is 14.1 Å². The quantitative estimate of drug-likeness (QED) is 0.240. The molecule has 0 saturated heterocycles. The lowest BCUT2D eigenvalue weighted by molar-refractivity contribution is -0.153. The SMILES string of the molecule is CN(C)[C@@H]1C(=O)C(C(N)=O)=C(O)[C@@]2(O)C(=O)C3=C(O)c4c(O)ccc(C=CC(N)=O)c4C[C@H]3C[C@@H]12. The Morgan fingerprint density at radius 1 is 1.14 bits per heavy atom. The number of hydrogen-bond acceptors (Lipinski definition) is 9. The van der Waals surface area contributed by atoms with Crippen LogP contribution in [0.15, 0.2) is 35.1 Å². The van der Waals surface area contributed by atoms with Crippen LogP contribution >= 0.6 is 0 Å². The number of carbonyl (C=O) groups excluding carboxylic acids is 4. The zero-order chi connectivity index (χ0) is 26.0. The minimum atomic E-state index is -2.69. The second kappa shape index (κ2) is 8.07. The molecule has 0 aliphatic heterocycles. The fourth-order valence-corrected chi connectivity index (χ4v) is 5.60. The van der Waals surface area contributed by atoms with Crippen molar-refractivity contribution in [3.8, 4) is 5.75 Å². The molecule has 0 heterocycles. The van der Waals surface area contributed by atoms with Crippen molar-refractivity contribution in [3.63, 3.8) is 0 Å². The first-order chi connectivity index (χ1) is 16.3. The number of fused-ring (bicyclic) bond motifs is 3. The number of phenols is 1. The summed E-state index contributed by atoms with van der Waals surface area (Å²) in [6.45, 7) is 0. The van der Waals surface area contributed by atoms with Gasteiger partial charge in [-0.15, -0.1) is 0 Å². The molecule has 35 heavy (non-hydrogen) atoms. The molecule has 11 heteroatoms. The topological polar surface area (TPSA) is 204 Å². The summed E-state index contributed by atoms with van der Waals surface area (Å²) in [4.78, 5) is 51.4. The molecule has 1 aromatic rings. The molecule has 184 valence electrons. The van der Waals surface area contributed by atoms with E-state index in [-0.39, 0.29) is 29.7 Å². The predicted molar refractivity (Wildman–Crippen MR) is 122 cm³/mol. The van der Waals surface area contributed by atoms with Crippen LogP contribution in [0.2, 0.25) is 0 Å². The van der Waals surface area contributed by atoms with Crippen molar-refractivity contribution in [2.45, 2.75) is 24.5 Å². The van der Waals surface area contributed by atoms with Gasteiger partial charge in [-0.1, -0.05) is 6.07 Å². The number of likely N-dealkylation sites (N-methyl/N-ethyl adjacent to an activating group) is 1. The van der Waals surface area contributed by atoms with Crippen LogP contribution in [-0.2, 0) is 25.6 Å². The van der Waals surface area contributed by atoms with Gasteiger partial charge in [0, 0.05) is 17.6 Å². The van der Waals surface area contributed by atoms with Gasteiger partial charge in [-0.2, -0.15) is 0 Å². The van der Waals surface area contributed by atoms with Gasteiger partial charge in [-0.3, -0.25) is 24.1 Å². The molecule has 1 saturated carbocycles. The van der Waals surface area contributed by atoms with E-state index >= 15 is 0 Å². The molecule has 0 radical (unpaired) electrons. The molecule has 3 aliphatic rings. The highest BCUT2D eigenvalue weighted by atomic mass is 16.3. The normalized spacial score (nSPS) is 28.3. The van der Waals surface area contributed by atoms with Crippen LogP contribution in [0.1, 0.15) is 23.1 Å². The van der Waals surface area contributed by atoms with Crippen LogP contribution in [0.4, 0.5) is 0 Å². The molecule has 0 bridgehead atoms. The summed E-state index contributed by atoms with van der Waals surface area (Å²) in [5.41, 5.74) is 7.52. The lowest BCUT2D eigenvalue weighted by atomic mass is 9.57. The number of hydrogen-bond donors (Lipinski definition) is 6. The van der Waals surface area contributed by atoms with Gasteiger partial charge in [0.15, 0.2) is 11.4 Å². The highest BCUT2D eigenvalue weighted by Gasteiger charge is 2.64. The van der Waals surface area contributed by atoms with Crippen LogP contribution in [0.5, 0.6) is 5.75 Å². The van der Waals surface area contributed by atoms with Gasteiger partial charge in [-0.25, -0.2) is 0 Å². The third-order valence-corrected chi connectivity index (χ3v) is 7.07. The van der Waals surface area contributed by atoms with Crippen molar-refractivity contribution < 1.29 is 39.6 Å².